The molecule has 4 heteroatoms. The summed E-state index contributed by atoms with van der Waals surface area (Å²) in [7, 11) is 0. The molecule has 0 aliphatic carbocycles. The number of hydrogen-bond donors (Lipinski definition) is 0. The van der Waals surface area contributed by atoms with E-state index in [1.807, 2.05) is 24.3 Å². The van der Waals surface area contributed by atoms with Crippen molar-refractivity contribution in [3.05, 3.63) is 35.4 Å². The Kier molecular flexibility index (Phi) is 3.88. The molecule has 1 aliphatic heterocycles. The number of aryl methyl sites for hydroxylation is 1. The second kappa shape index (κ2) is 5.27. The van der Waals surface area contributed by atoms with Crippen LogP contribution in [-0.2, 0) is 17.8 Å². The van der Waals surface area contributed by atoms with Crippen LogP contribution in [0.15, 0.2) is 24.3 Å². The maximum atomic E-state index is 13.0. The fourth-order valence-electron chi connectivity index (χ4n) is 2.37. The van der Waals surface area contributed by atoms with Crippen LogP contribution in [-0.4, -0.2) is 23.8 Å². The van der Waals surface area contributed by atoms with Crippen molar-refractivity contribution < 1.29 is 13.6 Å². The van der Waals surface area contributed by atoms with Crippen LogP contribution < -0.4 is 0 Å². The summed E-state index contributed by atoms with van der Waals surface area (Å²) in [6.07, 6.45) is -0.921. The average molecular weight is 267 g/mol. The summed E-state index contributed by atoms with van der Waals surface area (Å²) in [6, 6.07) is 7.91. The second-order valence-corrected chi connectivity index (χ2v) is 5.62. The third-order valence-electron chi connectivity index (χ3n) is 3.74. The number of carbonyl (C=O) groups is 1. The van der Waals surface area contributed by atoms with Crippen LogP contribution >= 0.6 is 0 Å². The van der Waals surface area contributed by atoms with Crippen LogP contribution in [0.2, 0.25) is 0 Å². The van der Waals surface area contributed by atoms with E-state index < -0.39 is 17.7 Å². The molecule has 19 heavy (non-hydrogen) atoms. The van der Waals surface area contributed by atoms with E-state index in [0.29, 0.717) is 13.1 Å². The van der Waals surface area contributed by atoms with Gasteiger partial charge in [0.2, 0.25) is 5.91 Å². The summed E-state index contributed by atoms with van der Waals surface area (Å²) >= 11 is 0. The minimum Gasteiger partial charge on any atom is -0.338 e. The van der Waals surface area contributed by atoms with Gasteiger partial charge < -0.3 is 4.90 Å². The number of fused-ring (bicyclic) bond motifs is 1. The molecule has 104 valence electrons. The van der Waals surface area contributed by atoms with Crippen molar-refractivity contribution in [1.82, 2.24) is 4.90 Å². The first-order valence-electron chi connectivity index (χ1n) is 6.57. The van der Waals surface area contributed by atoms with Gasteiger partial charge in [0.05, 0.1) is 0 Å². The Balaban J connectivity index is 2.21. The lowest BCUT2D eigenvalue weighted by atomic mass is 9.92. The molecule has 0 unspecified atom stereocenters. The fourth-order valence-corrected chi connectivity index (χ4v) is 2.37. The molecular weight excluding hydrogens is 248 g/mol. The van der Waals surface area contributed by atoms with Crippen molar-refractivity contribution in [2.24, 2.45) is 5.41 Å². The molecular formula is C15H19F2NO. The zero-order valence-corrected chi connectivity index (χ0v) is 11.3. The van der Waals surface area contributed by atoms with E-state index in [1.165, 1.54) is 19.4 Å². The van der Waals surface area contributed by atoms with E-state index in [1.54, 1.807) is 4.90 Å². The number of carbonyl (C=O) groups excluding carboxylic acids is 1. The number of halogens is 2. The zero-order valence-electron chi connectivity index (χ0n) is 11.3. The third kappa shape index (κ3) is 2.77. The van der Waals surface area contributed by atoms with E-state index in [-0.39, 0.29) is 0 Å². The molecule has 0 N–H and O–H groups in total. The predicted octanol–water partition coefficient (Wildman–Crippen LogP) is 3.25. The minimum absolute atomic E-state index is 0.436. The summed E-state index contributed by atoms with van der Waals surface area (Å²) in [6.45, 7) is 3.61. The molecule has 0 saturated heterocycles. The number of rotatable bonds is 2. The molecule has 0 atom stereocenters. The van der Waals surface area contributed by atoms with Gasteiger partial charge in [-0.2, -0.15) is 0 Å². The summed E-state index contributed by atoms with van der Waals surface area (Å²) in [5, 5.41) is 0. The highest BCUT2D eigenvalue weighted by Gasteiger charge is 2.40. The van der Waals surface area contributed by atoms with Gasteiger partial charge >= 0.3 is 0 Å². The largest absolute Gasteiger partial charge is 0.338 e. The zero-order chi connectivity index (χ0) is 14.0. The van der Waals surface area contributed by atoms with Gasteiger partial charge in [-0.15, -0.1) is 0 Å². The lowest BCUT2D eigenvalue weighted by Gasteiger charge is -2.30. The summed E-state index contributed by atoms with van der Waals surface area (Å²) in [4.78, 5) is 13.8. The number of amides is 1. The topological polar surface area (TPSA) is 20.3 Å². The van der Waals surface area contributed by atoms with Gasteiger partial charge in [-0.3, -0.25) is 4.79 Å². The van der Waals surface area contributed by atoms with Crippen LogP contribution in [0.1, 0.15) is 31.4 Å². The van der Waals surface area contributed by atoms with Gasteiger partial charge in [0.15, 0.2) is 0 Å². The monoisotopic (exact) mass is 267 g/mol. The molecule has 0 radical (unpaired) electrons. The van der Waals surface area contributed by atoms with Crippen molar-refractivity contribution in [1.29, 1.82) is 0 Å². The number of nitrogens with zero attached hydrogens (tertiary/aromatic N) is 1. The van der Waals surface area contributed by atoms with Crippen LogP contribution in [0, 0.1) is 5.41 Å². The molecule has 1 heterocycles. The van der Waals surface area contributed by atoms with Gasteiger partial charge in [-0.1, -0.05) is 24.3 Å². The lowest BCUT2D eigenvalue weighted by molar-refractivity contribution is -0.149. The predicted molar refractivity (Wildman–Crippen MR) is 70.0 cm³/mol. The van der Waals surface area contributed by atoms with Gasteiger partial charge in [-0.05, 0) is 37.8 Å². The highest BCUT2D eigenvalue weighted by molar-refractivity contribution is 5.82. The standard InChI is InChI=1S/C15H19F2NO/c1-15(2,13(16)17)14(19)18-9-5-8-11-6-3-4-7-12(11)10-18/h3-4,6-7,13H,5,8-10H2,1-2H3. The van der Waals surface area contributed by atoms with Crippen molar-refractivity contribution in [2.75, 3.05) is 6.54 Å². The molecule has 1 aromatic rings. The first kappa shape index (κ1) is 14.0. The highest BCUT2D eigenvalue weighted by atomic mass is 19.3. The van der Waals surface area contributed by atoms with Gasteiger partial charge in [0.1, 0.15) is 5.41 Å². The number of hydrogen-bond acceptors (Lipinski definition) is 1. The highest BCUT2D eigenvalue weighted by Crippen LogP contribution is 2.29. The van der Waals surface area contributed by atoms with Crippen molar-refractivity contribution in [2.45, 2.75) is 39.7 Å². The van der Waals surface area contributed by atoms with Gasteiger partial charge in [-0.25, -0.2) is 8.78 Å². The molecule has 0 aromatic heterocycles. The Morgan fingerprint density at radius 1 is 1.26 bits per heavy atom. The van der Waals surface area contributed by atoms with Gasteiger partial charge in [0.25, 0.3) is 6.43 Å². The van der Waals surface area contributed by atoms with Gasteiger partial charge in [0, 0.05) is 13.1 Å². The van der Waals surface area contributed by atoms with E-state index in [9.17, 15) is 13.6 Å². The Hall–Kier alpha value is -1.45. The molecule has 1 aromatic carbocycles. The smallest absolute Gasteiger partial charge is 0.252 e. The molecule has 0 saturated carbocycles. The average Bonchev–Trinajstić information content (AvgIpc) is 2.59. The molecule has 2 rings (SSSR count). The molecule has 0 bridgehead atoms. The number of alkyl halides is 2. The molecule has 1 aliphatic rings. The van der Waals surface area contributed by atoms with E-state index in [4.69, 9.17) is 0 Å². The van der Waals surface area contributed by atoms with Crippen molar-refractivity contribution in [3.8, 4) is 0 Å². The maximum absolute atomic E-state index is 13.0. The fraction of sp³-hybridized carbons (Fsp3) is 0.533. The minimum atomic E-state index is -2.64. The first-order chi connectivity index (χ1) is 8.93. The normalized spacial score (nSPS) is 16.2. The second-order valence-electron chi connectivity index (χ2n) is 5.62. The first-order valence-corrected chi connectivity index (χ1v) is 6.57. The summed E-state index contributed by atoms with van der Waals surface area (Å²) in [5.41, 5.74) is 0.672. The van der Waals surface area contributed by atoms with Crippen LogP contribution in [0.3, 0.4) is 0 Å². The Morgan fingerprint density at radius 2 is 1.89 bits per heavy atom. The Labute approximate surface area is 112 Å². The van der Waals surface area contributed by atoms with Crippen molar-refractivity contribution in [3.63, 3.8) is 0 Å². The SMILES string of the molecule is CC(C)(C(=O)N1CCCc2ccccc2C1)C(F)F. The maximum Gasteiger partial charge on any atom is 0.252 e. The van der Waals surface area contributed by atoms with E-state index in [0.717, 1.165) is 18.4 Å². The number of benzene rings is 1. The molecule has 0 fully saturated rings. The van der Waals surface area contributed by atoms with Crippen LogP contribution in [0.4, 0.5) is 8.78 Å². The van der Waals surface area contributed by atoms with Crippen molar-refractivity contribution >= 4 is 5.91 Å². The molecule has 2 nitrogen and oxygen atoms in total. The van der Waals surface area contributed by atoms with E-state index in [2.05, 4.69) is 0 Å². The molecule has 0 spiro atoms. The Bertz CT molecular complexity index is 471. The van der Waals surface area contributed by atoms with Crippen LogP contribution in [0.25, 0.3) is 0 Å². The summed E-state index contributed by atoms with van der Waals surface area (Å²) in [5.74, 6) is -0.459. The van der Waals surface area contributed by atoms with Crippen LogP contribution in [0.5, 0.6) is 0 Å². The molecule has 1 amide bonds. The third-order valence-corrected chi connectivity index (χ3v) is 3.74. The Morgan fingerprint density at radius 3 is 2.53 bits per heavy atom. The van der Waals surface area contributed by atoms with E-state index >= 15 is 0 Å². The summed E-state index contributed by atoms with van der Waals surface area (Å²) < 4.78 is 25.9. The lowest BCUT2D eigenvalue weighted by Crippen LogP contribution is -2.44. The quantitative estimate of drug-likeness (QED) is 0.805.